The lowest BCUT2D eigenvalue weighted by Crippen LogP contribution is -2.18. The molecule has 0 amide bonds. The summed E-state index contributed by atoms with van der Waals surface area (Å²) in [5.74, 6) is 0.899. The number of benzene rings is 1. The Bertz CT molecular complexity index is 646. The van der Waals surface area contributed by atoms with E-state index in [1.165, 1.54) is 11.1 Å². The number of pyridine rings is 1. The van der Waals surface area contributed by atoms with Crippen LogP contribution in [0.3, 0.4) is 0 Å². The Hall–Kier alpha value is -1.83. The van der Waals surface area contributed by atoms with Crippen molar-refractivity contribution in [2.24, 2.45) is 0 Å². The van der Waals surface area contributed by atoms with Gasteiger partial charge in [0.15, 0.2) is 0 Å². The molecular formula is C20H27NO. The molecule has 0 unspecified atom stereocenters. The summed E-state index contributed by atoms with van der Waals surface area (Å²) in [6.07, 6.45) is 1.83. The highest BCUT2D eigenvalue weighted by Crippen LogP contribution is 2.41. The van der Waals surface area contributed by atoms with Gasteiger partial charge >= 0.3 is 0 Å². The molecule has 2 rings (SSSR count). The molecule has 0 saturated carbocycles. The fourth-order valence-electron chi connectivity index (χ4n) is 2.58. The van der Waals surface area contributed by atoms with Crippen molar-refractivity contribution in [3.8, 4) is 17.0 Å². The van der Waals surface area contributed by atoms with Gasteiger partial charge in [0.25, 0.3) is 0 Å². The van der Waals surface area contributed by atoms with Crippen LogP contribution in [-0.4, -0.2) is 12.1 Å². The van der Waals surface area contributed by atoms with E-state index in [-0.39, 0.29) is 10.8 Å². The smallest absolute Gasteiger partial charge is 0.128 e. The summed E-state index contributed by atoms with van der Waals surface area (Å²) < 4.78 is 5.73. The van der Waals surface area contributed by atoms with Gasteiger partial charge in [0.2, 0.25) is 0 Å². The molecule has 0 bridgehead atoms. The summed E-state index contributed by atoms with van der Waals surface area (Å²) in [6.45, 7) is 13.4. The number of methoxy groups -OCH3 is 1. The van der Waals surface area contributed by atoms with Crippen molar-refractivity contribution in [3.05, 3.63) is 47.7 Å². The maximum absolute atomic E-state index is 5.73. The van der Waals surface area contributed by atoms with E-state index in [1.54, 1.807) is 7.11 Å². The first kappa shape index (κ1) is 16.5. The molecule has 2 heteroatoms. The summed E-state index contributed by atoms with van der Waals surface area (Å²) in [5.41, 5.74) is 4.72. The number of ether oxygens (including phenoxy) is 1. The van der Waals surface area contributed by atoms with E-state index in [1.807, 2.05) is 24.4 Å². The summed E-state index contributed by atoms with van der Waals surface area (Å²) >= 11 is 0. The Labute approximate surface area is 134 Å². The highest BCUT2D eigenvalue weighted by Gasteiger charge is 2.26. The van der Waals surface area contributed by atoms with Gasteiger partial charge in [-0.05, 0) is 40.2 Å². The second kappa shape index (κ2) is 5.75. The van der Waals surface area contributed by atoms with Gasteiger partial charge in [-0.3, -0.25) is 4.98 Å². The van der Waals surface area contributed by atoms with Gasteiger partial charge in [0, 0.05) is 11.8 Å². The fourth-order valence-corrected chi connectivity index (χ4v) is 2.58. The first-order valence-corrected chi connectivity index (χ1v) is 7.79. The second-order valence-electron chi connectivity index (χ2n) is 7.82. The lowest BCUT2D eigenvalue weighted by molar-refractivity contribution is 0.412. The van der Waals surface area contributed by atoms with Crippen molar-refractivity contribution in [1.82, 2.24) is 4.98 Å². The van der Waals surface area contributed by atoms with Crippen molar-refractivity contribution in [2.75, 3.05) is 7.11 Å². The summed E-state index contributed by atoms with van der Waals surface area (Å²) in [6, 6.07) is 10.5. The predicted octanol–water partition coefficient (Wildman–Crippen LogP) is 5.35. The van der Waals surface area contributed by atoms with Gasteiger partial charge in [-0.2, -0.15) is 0 Å². The quantitative estimate of drug-likeness (QED) is 0.745. The SMILES string of the molecule is COc1cc(C(C)(C)C)cc(C(C)(C)C)c1-c1ccccn1. The zero-order valence-electron chi connectivity index (χ0n) is 14.8. The van der Waals surface area contributed by atoms with Crippen molar-refractivity contribution in [2.45, 2.75) is 52.4 Å². The molecule has 0 fully saturated rings. The lowest BCUT2D eigenvalue weighted by Gasteiger charge is -2.29. The molecule has 2 nitrogen and oxygen atoms in total. The molecule has 22 heavy (non-hydrogen) atoms. The topological polar surface area (TPSA) is 22.1 Å². The second-order valence-corrected chi connectivity index (χ2v) is 7.82. The highest BCUT2D eigenvalue weighted by molar-refractivity contribution is 5.73. The number of hydrogen-bond acceptors (Lipinski definition) is 2. The Morgan fingerprint density at radius 3 is 2.05 bits per heavy atom. The zero-order valence-corrected chi connectivity index (χ0v) is 14.8. The van der Waals surface area contributed by atoms with Crippen LogP contribution in [0.4, 0.5) is 0 Å². The number of aromatic nitrogens is 1. The Morgan fingerprint density at radius 1 is 0.909 bits per heavy atom. The molecular weight excluding hydrogens is 270 g/mol. The molecule has 0 aliphatic carbocycles. The molecule has 2 aromatic rings. The van der Waals surface area contributed by atoms with E-state index < -0.39 is 0 Å². The molecule has 0 aliphatic heterocycles. The van der Waals surface area contributed by atoms with Crippen LogP contribution in [0.25, 0.3) is 11.3 Å². The lowest BCUT2D eigenvalue weighted by atomic mass is 9.77. The average molecular weight is 297 g/mol. The first-order valence-electron chi connectivity index (χ1n) is 7.79. The van der Waals surface area contributed by atoms with E-state index >= 15 is 0 Å². The van der Waals surface area contributed by atoms with E-state index in [0.29, 0.717) is 0 Å². The van der Waals surface area contributed by atoms with Crippen LogP contribution in [-0.2, 0) is 10.8 Å². The van der Waals surface area contributed by atoms with Crippen molar-refractivity contribution in [1.29, 1.82) is 0 Å². The largest absolute Gasteiger partial charge is 0.496 e. The Balaban J connectivity index is 2.81. The van der Waals surface area contributed by atoms with E-state index in [0.717, 1.165) is 17.0 Å². The molecule has 0 saturated heterocycles. The molecule has 118 valence electrons. The van der Waals surface area contributed by atoms with Crippen molar-refractivity contribution < 1.29 is 4.74 Å². The van der Waals surface area contributed by atoms with Crippen LogP contribution in [0.1, 0.15) is 52.7 Å². The van der Waals surface area contributed by atoms with Gasteiger partial charge in [0.05, 0.1) is 12.8 Å². The number of hydrogen-bond donors (Lipinski definition) is 0. The fraction of sp³-hybridized carbons (Fsp3) is 0.450. The predicted molar refractivity (Wildman–Crippen MR) is 93.6 cm³/mol. The van der Waals surface area contributed by atoms with Crippen LogP contribution < -0.4 is 4.74 Å². The van der Waals surface area contributed by atoms with Gasteiger partial charge < -0.3 is 4.74 Å². The van der Waals surface area contributed by atoms with Gasteiger partial charge in [-0.25, -0.2) is 0 Å². The standard InChI is InChI=1S/C20H27NO/c1-19(2,3)14-12-15(20(4,5)6)18(17(13-14)22-7)16-10-8-9-11-21-16/h8-13H,1-7H3. The van der Waals surface area contributed by atoms with Crippen LogP contribution in [0.2, 0.25) is 0 Å². The molecule has 0 aliphatic rings. The van der Waals surface area contributed by atoms with Crippen LogP contribution in [0.5, 0.6) is 5.75 Å². The van der Waals surface area contributed by atoms with E-state index in [4.69, 9.17) is 4.74 Å². The third-order valence-electron chi connectivity index (χ3n) is 3.92. The van der Waals surface area contributed by atoms with Gasteiger partial charge in [0.1, 0.15) is 5.75 Å². The molecule has 1 aromatic carbocycles. The summed E-state index contributed by atoms with van der Waals surface area (Å²) in [5, 5.41) is 0. The first-order chi connectivity index (χ1) is 10.1. The maximum atomic E-state index is 5.73. The average Bonchev–Trinajstić information content (AvgIpc) is 2.44. The Morgan fingerprint density at radius 2 is 1.59 bits per heavy atom. The van der Waals surface area contributed by atoms with Gasteiger partial charge in [-0.15, -0.1) is 0 Å². The third-order valence-corrected chi connectivity index (χ3v) is 3.92. The van der Waals surface area contributed by atoms with Crippen molar-refractivity contribution >= 4 is 0 Å². The maximum Gasteiger partial charge on any atom is 0.128 e. The third kappa shape index (κ3) is 3.32. The van der Waals surface area contributed by atoms with E-state index in [9.17, 15) is 0 Å². The molecule has 0 radical (unpaired) electrons. The van der Waals surface area contributed by atoms with Crippen LogP contribution >= 0.6 is 0 Å². The summed E-state index contributed by atoms with van der Waals surface area (Å²) in [4.78, 5) is 4.54. The van der Waals surface area contributed by atoms with Gasteiger partial charge in [-0.1, -0.05) is 53.7 Å². The highest BCUT2D eigenvalue weighted by atomic mass is 16.5. The molecule has 0 N–H and O–H groups in total. The number of nitrogens with zero attached hydrogens (tertiary/aromatic N) is 1. The van der Waals surface area contributed by atoms with Crippen LogP contribution in [0.15, 0.2) is 36.5 Å². The molecule has 1 aromatic heterocycles. The molecule has 0 atom stereocenters. The van der Waals surface area contributed by atoms with Crippen molar-refractivity contribution in [3.63, 3.8) is 0 Å². The minimum absolute atomic E-state index is 0.0153. The molecule has 0 spiro atoms. The number of rotatable bonds is 2. The van der Waals surface area contributed by atoms with Crippen LogP contribution in [0, 0.1) is 0 Å². The minimum atomic E-state index is 0.0153. The summed E-state index contributed by atoms with van der Waals surface area (Å²) in [7, 11) is 1.74. The minimum Gasteiger partial charge on any atom is -0.496 e. The Kier molecular flexibility index (Phi) is 4.32. The normalized spacial score (nSPS) is 12.3. The molecule has 1 heterocycles. The zero-order chi connectivity index (χ0) is 16.5. The van der Waals surface area contributed by atoms with E-state index in [2.05, 4.69) is 58.7 Å². The monoisotopic (exact) mass is 297 g/mol.